The highest BCUT2D eigenvalue weighted by Gasteiger charge is 2.19. The van der Waals surface area contributed by atoms with Gasteiger partial charge in [0.15, 0.2) is 11.4 Å². The Bertz CT molecular complexity index is 1940. The number of pyridine rings is 2. The van der Waals surface area contributed by atoms with Crippen LogP contribution in [0.3, 0.4) is 0 Å². The van der Waals surface area contributed by atoms with Gasteiger partial charge in [0.1, 0.15) is 23.3 Å². The number of aromatic hydroxyl groups is 2. The molecule has 14 heteroatoms. The molecule has 0 aliphatic heterocycles. The van der Waals surface area contributed by atoms with Crippen molar-refractivity contribution in [2.75, 3.05) is 0 Å². The number of rotatable bonds is 7. The molecule has 4 rings (SSSR count). The third-order valence-corrected chi connectivity index (χ3v) is 7.69. The molecule has 12 nitrogen and oxygen atoms in total. The van der Waals surface area contributed by atoms with Crippen LogP contribution in [-0.4, -0.2) is 19.3 Å². The Balaban J connectivity index is 1.65. The van der Waals surface area contributed by atoms with Crippen LogP contribution in [0, 0.1) is 36.5 Å². The summed E-state index contributed by atoms with van der Waals surface area (Å²) in [7, 11) is 0. The SMILES string of the molecule is CCn1c(O)c(C#N)c(C)c(N=Nc2ccc(-c3ccc(N=Nc4c(C)c(C#N)c(O)n(CC)c4=O)cc3S)c(S)c2)c1=O. The first-order valence-electron chi connectivity index (χ1n) is 13.2. The van der Waals surface area contributed by atoms with Gasteiger partial charge in [0.05, 0.1) is 11.4 Å². The number of hydrogen-bond acceptors (Lipinski definition) is 12. The summed E-state index contributed by atoms with van der Waals surface area (Å²) in [5.74, 6) is -0.811. The molecule has 44 heavy (non-hydrogen) atoms. The van der Waals surface area contributed by atoms with E-state index in [4.69, 9.17) is 0 Å². The maximum Gasteiger partial charge on any atom is 0.281 e. The zero-order chi connectivity index (χ0) is 32.3. The molecule has 4 aromatic rings. The largest absolute Gasteiger partial charge is 0.493 e. The predicted molar refractivity (Wildman–Crippen MR) is 170 cm³/mol. The quantitative estimate of drug-likeness (QED) is 0.128. The van der Waals surface area contributed by atoms with Crippen molar-refractivity contribution >= 4 is 48.0 Å². The molecule has 2 aromatic heterocycles. The van der Waals surface area contributed by atoms with E-state index < -0.39 is 22.9 Å². The second kappa shape index (κ2) is 13.0. The molecule has 0 amide bonds. The maximum atomic E-state index is 12.8. The van der Waals surface area contributed by atoms with E-state index >= 15 is 0 Å². The van der Waals surface area contributed by atoms with Crippen LogP contribution in [0.4, 0.5) is 22.7 Å². The molecule has 0 radical (unpaired) electrons. The van der Waals surface area contributed by atoms with Crippen molar-refractivity contribution in [1.29, 1.82) is 10.5 Å². The molecule has 0 saturated carbocycles. The number of thiol groups is 2. The molecule has 2 N–H and O–H groups in total. The number of azo groups is 2. The fraction of sp³-hybridized carbons (Fsp3) is 0.200. The van der Waals surface area contributed by atoms with Crippen LogP contribution in [0.25, 0.3) is 11.1 Å². The standard InChI is InChI=1S/C30H26N8O4S2/c1-5-37-27(39)21(13-31)15(3)25(29(37)41)35-33-17-7-9-19(23(43)11-17)20-10-8-18(12-24(20)44)34-36-26-16(4)22(14-32)28(40)38(6-2)30(26)42/h7-12,39-40,43-44H,5-6H2,1-4H3. The molecule has 0 fully saturated rings. The fourth-order valence-corrected chi connectivity index (χ4v) is 5.19. The third-order valence-electron chi connectivity index (χ3n) is 6.95. The molecule has 0 atom stereocenters. The van der Waals surface area contributed by atoms with Gasteiger partial charge in [0, 0.05) is 34.0 Å². The molecule has 2 aromatic carbocycles. The smallest absolute Gasteiger partial charge is 0.281 e. The highest BCUT2D eigenvalue weighted by molar-refractivity contribution is 7.80. The second-order valence-electron chi connectivity index (χ2n) is 9.47. The van der Waals surface area contributed by atoms with Gasteiger partial charge >= 0.3 is 0 Å². The van der Waals surface area contributed by atoms with Crippen molar-refractivity contribution in [2.45, 2.75) is 50.6 Å². The second-order valence-corrected chi connectivity index (χ2v) is 10.4. The molecule has 0 saturated heterocycles. The predicted octanol–water partition coefficient (Wildman–Crippen LogP) is 6.90. The monoisotopic (exact) mass is 626 g/mol. The van der Waals surface area contributed by atoms with E-state index in [9.17, 15) is 30.3 Å². The van der Waals surface area contributed by atoms with E-state index in [1.165, 1.54) is 13.8 Å². The van der Waals surface area contributed by atoms with Crippen LogP contribution in [-0.2, 0) is 13.1 Å². The van der Waals surface area contributed by atoms with Gasteiger partial charge in [-0.3, -0.25) is 18.7 Å². The normalized spacial score (nSPS) is 11.3. The Morgan fingerprint density at radius 3 is 1.36 bits per heavy atom. The number of nitriles is 2. The van der Waals surface area contributed by atoms with Gasteiger partial charge in [-0.05, 0) is 63.1 Å². The molecule has 0 bridgehead atoms. The zero-order valence-corrected chi connectivity index (χ0v) is 25.9. The minimum absolute atomic E-state index is 0.0434. The first-order chi connectivity index (χ1) is 21.0. The summed E-state index contributed by atoms with van der Waals surface area (Å²) in [4.78, 5) is 26.7. The molecule has 2 heterocycles. The van der Waals surface area contributed by atoms with Gasteiger partial charge in [0.25, 0.3) is 11.1 Å². The first kappa shape index (κ1) is 31.7. The van der Waals surface area contributed by atoms with E-state index in [0.29, 0.717) is 21.2 Å². The van der Waals surface area contributed by atoms with Crippen molar-refractivity contribution in [1.82, 2.24) is 9.13 Å². The van der Waals surface area contributed by atoms with Crippen LogP contribution < -0.4 is 11.1 Å². The van der Waals surface area contributed by atoms with E-state index in [1.807, 2.05) is 12.1 Å². The van der Waals surface area contributed by atoms with Crippen molar-refractivity contribution in [3.05, 3.63) is 79.4 Å². The van der Waals surface area contributed by atoms with Gasteiger partial charge in [0.2, 0.25) is 11.8 Å². The molecule has 222 valence electrons. The summed E-state index contributed by atoms with van der Waals surface area (Å²) in [6.07, 6.45) is 0. The lowest BCUT2D eigenvalue weighted by Gasteiger charge is -2.11. The van der Waals surface area contributed by atoms with Gasteiger partial charge in [-0.15, -0.1) is 35.5 Å². The molecular weight excluding hydrogens is 601 g/mol. The number of nitrogens with zero attached hydrogens (tertiary/aromatic N) is 8. The summed E-state index contributed by atoms with van der Waals surface area (Å²) in [5.41, 5.74) is 1.39. The van der Waals surface area contributed by atoms with Crippen molar-refractivity contribution < 1.29 is 10.2 Å². The fourth-order valence-electron chi connectivity index (χ4n) is 4.54. The van der Waals surface area contributed by atoms with Crippen LogP contribution in [0.2, 0.25) is 0 Å². The van der Waals surface area contributed by atoms with Crippen molar-refractivity contribution in [2.24, 2.45) is 20.5 Å². The minimum Gasteiger partial charge on any atom is -0.493 e. The van der Waals surface area contributed by atoms with E-state index in [-0.39, 0.29) is 46.7 Å². The zero-order valence-electron chi connectivity index (χ0n) is 24.1. The first-order valence-corrected chi connectivity index (χ1v) is 14.1. The molecule has 0 aliphatic rings. The third kappa shape index (κ3) is 5.73. The molecule has 0 spiro atoms. The molecule has 0 aliphatic carbocycles. The van der Waals surface area contributed by atoms with Crippen LogP contribution >= 0.6 is 25.3 Å². The topological polar surface area (TPSA) is 181 Å². The average Bonchev–Trinajstić information content (AvgIpc) is 2.98. The summed E-state index contributed by atoms with van der Waals surface area (Å²) >= 11 is 9.21. The summed E-state index contributed by atoms with van der Waals surface area (Å²) in [5, 5.41) is 55.9. The number of benzene rings is 2. The van der Waals surface area contributed by atoms with Crippen LogP contribution in [0.1, 0.15) is 36.1 Å². The Morgan fingerprint density at radius 2 is 1.07 bits per heavy atom. The van der Waals surface area contributed by atoms with E-state index in [1.54, 1.807) is 50.2 Å². The Hall–Kier alpha value is -5.18. The van der Waals surface area contributed by atoms with E-state index in [2.05, 4.69) is 45.7 Å². The highest BCUT2D eigenvalue weighted by Crippen LogP contribution is 2.37. The summed E-state index contributed by atoms with van der Waals surface area (Å²) < 4.78 is 2.11. The molecular formula is C30H26N8O4S2. The highest BCUT2D eigenvalue weighted by atomic mass is 32.1. The Morgan fingerprint density at radius 1 is 0.705 bits per heavy atom. The van der Waals surface area contributed by atoms with Crippen LogP contribution in [0.15, 0.2) is 76.2 Å². The lowest BCUT2D eigenvalue weighted by Crippen LogP contribution is -2.20. The lowest BCUT2D eigenvalue weighted by atomic mass is 10.0. The van der Waals surface area contributed by atoms with Crippen LogP contribution in [0.5, 0.6) is 11.8 Å². The molecule has 0 unspecified atom stereocenters. The van der Waals surface area contributed by atoms with E-state index in [0.717, 1.165) is 20.3 Å². The minimum atomic E-state index is -0.563. The number of aromatic nitrogens is 2. The van der Waals surface area contributed by atoms with Gasteiger partial charge in [-0.2, -0.15) is 20.8 Å². The van der Waals surface area contributed by atoms with Gasteiger partial charge in [-0.25, -0.2) is 0 Å². The Labute approximate surface area is 262 Å². The van der Waals surface area contributed by atoms with Gasteiger partial charge in [-0.1, -0.05) is 12.1 Å². The Kier molecular flexibility index (Phi) is 9.37. The summed E-state index contributed by atoms with van der Waals surface area (Å²) in [6.45, 7) is 6.69. The maximum absolute atomic E-state index is 12.8. The average molecular weight is 627 g/mol. The lowest BCUT2D eigenvalue weighted by molar-refractivity contribution is 0.408. The summed E-state index contributed by atoms with van der Waals surface area (Å²) in [6, 6.07) is 14.0. The van der Waals surface area contributed by atoms with Crippen molar-refractivity contribution in [3.8, 4) is 35.0 Å². The number of hydrogen-bond donors (Lipinski definition) is 4. The van der Waals surface area contributed by atoms with Gasteiger partial charge < -0.3 is 10.2 Å². The van der Waals surface area contributed by atoms with Crippen molar-refractivity contribution in [3.63, 3.8) is 0 Å².